The lowest BCUT2D eigenvalue weighted by molar-refractivity contribution is -0.137. The molecule has 2 atom stereocenters. The lowest BCUT2D eigenvalue weighted by Crippen LogP contribution is -2.34. The molecule has 1 aliphatic rings. The predicted molar refractivity (Wildman–Crippen MR) is 112 cm³/mol. The molecule has 0 saturated heterocycles. The highest BCUT2D eigenvalue weighted by Crippen LogP contribution is 2.40. The molecule has 9 heteroatoms. The maximum absolute atomic E-state index is 14.9. The summed E-state index contributed by atoms with van der Waals surface area (Å²) in [6.45, 7) is 10.7. The van der Waals surface area contributed by atoms with E-state index in [4.69, 9.17) is 11.3 Å². The van der Waals surface area contributed by atoms with Gasteiger partial charge in [0.15, 0.2) is 0 Å². The largest absolute Gasteiger partial charge is 0.495 e. The zero-order valence-electron chi connectivity index (χ0n) is 17.4. The van der Waals surface area contributed by atoms with E-state index in [1.807, 2.05) is 0 Å². The van der Waals surface area contributed by atoms with Gasteiger partial charge in [0.1, 0.15) is 17.5 Å². The number of aliphatic imine (C=N–C) groups is 1. The van der Waals surface area contributed by atoms with E-state index in [0.717, 1.165) is 12.1 Å². The zero-order chi connectivity index (χ0) is 23.6. The second-order valence-electron chi connectivity index (χ2n) is 7.19. The molecule has 2 aromatic rings. The topological polar surface area (TPSA) is 55.0 Å². The van der Waals surface area contributed by atoms with Gasteiger partial charge in [-0.3, -0.25) is 9.79 Å². The molecule has 2 unspecified atom stereocenters. The molecule has 0 saturated carbocycles. The van der Waals surface area contributed by atoms with Crippen molar-refractivity contribution in [1.82, 2.24) is 0 Å². The number of carbonyl (C=O) groups excluding carboxylic acids is 1. The summed E-state index contributed by atoms with van der Waals surface area (Å²) < 4.78 is 59.1. The summed E-state index contributed by atoms with van der Waals surface area (Å²) in [7, 11) is 1.43. The Morgan fingerprint density at radius 1 is 1.19 bits per heavy atom. The summed E-state index contributed by atoms with van der Waals surface area (Å²) >= 11 is 0. The van der Waals surface area contributed by atoms with E-state index >= 15 is 0 Å². The molecule has 1 N–H and O–H groups in total. The number of carbonyl (C=O) groups is 1. The van der Waals surface area contributed by atoms with Gasteiger partial charge in [0.25, 0.3) is 11.9 Å². The Bertz CT molecular complexity index is 1160. The van der Waals surface area contributed by atoms with Crippen LogP contribution >= 0.6 is 0 Å². The van der Waals surface area contributed by atoms with Gasteiger partial charge in [-0.1, -0.05) is 18.2 Å². The second kappa shape index (κ2) is 8.83. The first kappa shape index (κ1) is 23.0. The van der Waals surface area contributed by atoms with Gasteiger partial charge < -0.3 is 14.9 Å². The number of nitrogens with one attached hydrogen (secondary N) is 1. The number of benzene rings is 2. The number of hydrogen-bond acceptors (Lipinski definition) is 3. The molecule has 0 fully saturated rings. The SMILES string of the molecule is [C-]#[N+]C1C(C)=NC(C)=C(C(=O)Nc2ccccc2OC)C1c1ccc(C(F)(F)F)cc1F. The smallest absolute Gasteiger partial charge is 0.416 e. The number of hydrogen-bond donors (Lipinski definition) is 1. The minimum atomic E-state index is -4.72. The lowest BCUT2D eigenvalue weighted by atomic mass is 9.79. The highest BCUT2D eigenvalue weighted by atomic mass is 19.4. The van der Waals surface area contributed by atoms with E-state index in [9.17, 15) is 22.4 Å². The molecule has 0 bridgehead atoms. The van der Waals surface area contributed by atoms with Gasteiger partial charge in [0, 0.05) is 11.3 Å². The number of alkyl halides is 3. The van der Waals surface area contributed by atoms with E-state index in [1.54, 1.807) is 31.2 Å². The van der Waals surface area contributed by atoms with Crippen LogP contribution in [0.3, 0.4) is 0 Å². The molecule has 2 aromatic carbocycles. The minimum Gasteiger partial charge on any atom is -0.495 e. The van der Waals surface area contributed by atoms with Gasteiger partial charge in [-0.15, -0.1) is 0 Å². The Hall–Kier alpha value is -3.67. The molecule has 0 spiro atoms. The fraction of sp³-hybridized carbons (Fsp3) is 0.261. The maximum Gasteiger partial charge on any atom is 0.416 e. The van der Waals surface area contributed by atoms with Crippen LogP contribution in [0.1, 0.15) is 30.9 Å². The number of amides is 1. The van der Waals surface area contributed by atoms with Crippen LogP contribution in [-0.4, -0.2) is 24.8 Å². The summed E-state index contributed by atoms with van der Waals surface area (Å²) in [6.07, 6.45) is -4.72. The van der Waals surface area contributed by atoms with Crippen molar-refractivity contribution in [1.29, 1.82) is 0 Å². The fourth-order valence-electron chi connectivity index (χ4n) is 3.71. The van der Waals surface area contributed by atoms with E-state index in [0.29, 0.717) is 23.2 Å². The summed E-state index contributed by atoms with van der Waals surface area (Å²) in [5.41, 5.74) is -0.397. The Morgan fingerprint density at radius 2 is 1.88 bits per heavy atom. The molecule has 32 heavy (non-hydrogen) atoms. The fourth-order valence-corrected chi connectivity index (χ4v) is 3.71. The average Bonchev–Trinajstić information content (AvgIpc) is 2.73. The molecular weight excluding hydrogens is 426 g/mol. The first-order valence-corrected chi connectivity index (χ1v) is 9.52. The number of halogens is 4. The molecule has 166 valence electrons. The number of rotatable bonds is 4. The molecule has 5 nitrogen and oxygen atoms in total. The van der Waals surface area contributed by atoms with Crippen molar-refractivity contribution in [3.05, 3.63) is 82.1 Å². The number of allylic oxidation sites excluding steroid dienone is 1. The second-order valence-corrected chi connectivity index (χ2v) is 7.19. The first-order valence-electron chi connectivity index (χ1n) is 9.52. The van der Waals surface area contributed by atoms with E-state index < -0.39 is 35.4 Å². The average molecular weight is 445 g/mol. The van der Waals surface area contributed by atoms with Gasteiger partial charge in [-0.05, 0) is 38.1 Å². The maximum atomic E-state index is 14.9. The molecule has 0 aliphatic carbocycles. The standard InChI is InChI=1S/C23H19F4N3O2/c1-12-19(22(31)30-17-7-5-6-8-18(17)32-4)20(21(28-3)13(2)29-12)15-10-9-14(11-16(15)24)23(25,26)27/h5-11,20-21H,1-2,4H3,(H,30,31). The molecule has 1 amide bonds. The van der Waals surface area contributed by atoms with Gasteiger partial charge in [0.05, 0.1) is 29.6 Å². The molecule has 0 aromatic heterocycles. The molecular formula is C23H19F4N3O2. The Labute approximate surface area is 182 Å². The van der Waals surface area contributed by atoms with Gasteiger partial charge >= 0.3 is 6.18 Å². The van der Waals surface area contributed by atoms with Crippen molar-refractivity contribution in [3.63, 3.8) is 0 Å². The van der Waals surface area contributed by atoms with Crippen molar-refractivity contribution in [3.8, 4) is 5.75 Å². The van der Waals surface area contributed by atoms with Gasteiger partial charge in [-0.25, -0.2) is 11.0 Å². The van der Waals surface area contributed by atoms with Crippen molar-refractivity contribution < 1.29 is 27.1 Å². The van der Waals surface area contributed by atoms with Crippen LogP contribution in [0, 0.1) is 12.4 Å². The Balaban J connectivity index is 2.11. The molecule has 0 radical (unpaired) electrons. The predicted octanol–water partition coefficient (Wildman–Crippen LogP) is 5.61. The summed E-state index contributed by atoms with van der Waals surface area (Å²) in [4.78, 5) is 21.0. The number of nitrogens with zero attached hydrogens (tertiary/aromatic N) is 2. The van der Waals surface area contributed by atoms with E-state index in [1.165, 1.54) is 14.0 Å². The zero-order valence-corrected chi connectivity index (χ0v) is 17.4. The van der Waals surface area contributed by atoms with Gasteiger partial charge in [-0.2, -0.15) is 13.2 Å². The van der Waals surface area contributed by atoms with Crippen molar-refractivity contribution in [2.24, 2.45) is 4.99 Å². The highest BCUT2D eigenvalue weighted by molar-refractivity contribution is 6.08. The van der Waals surface area contributed by atoms with Crippen LogP contribution in [0.4, 0.5) is 23.2 Å². The molecule has 1 heterocycles. The quantitative estimate of drug-likeness (QED) is 0.491. The molecule has 3 rings (SSSR count). The summed E-state index contributed by atoms with van der Waals surface area (Å²) in [5.74, 6) is -2.56. The van der Waals surface area contributed by atoms with Crippen molar-refractivity contribution in [2.45, 2.75) is 32.0 Å². The van der Waals surface area contributed by atoms with Gasteiger partial charge in [0.2, 0.25) is 0 Å². The van der Waals surface area contributed by atoms with Crippen LogP contribution in [0.15, 0.2) is 58.7 Å². The third-order valence-corrected chi connectivity index (χ3v) is 5.19. The number of anilines is 1. The van der Waals surface area contributed by atoms with Crippen LogP contribution in [0.2, 0.25) is 0 Å². The number of methoxy groups -OCH3 is 1. The van der Waals surface area contributed by atoms with Crippen LogP contribution in [0.5, 0.6) is 5.75 Å². The van der Waals surface area contributed by atoms with E-state index in [-0.39, 0.29) is 16.8 Å². The third-order valence-electron chi connectivity index (χ3n) is 5.19. The van der Waals surface area contributed by atoms with Crippen molar-refractivity contribution >= 4 is 17.3 Å². The van der Waals surface area contributed by atoms with Crippen LogP contribution in [0.25, 0.3) is 4.85 Å². The third kappa shape index (κ3) is 4.35. The monoisotopic (exact) mass is 445 g/mol. The van der Waals surface area contributed by atoms with Crippen LogP contribution < -0.4 is 10.1 Å². The van der Waals surface area contributed by atoms with Crippen LogP contribution in [-0.2, 0) is 11.0 Å². The molecule has 1 aliphatic heterocycles. The minimum absolute atomic E-state index is 0.00108. The highest BCUT2D eigenvalue weighted by Gasteiger charge is 2.43. The number of ether oxygens (including phenoxy) is 1. The summed E-state index contributed by atoms with van der Waals surface area (Å²) in [5, 5.41) is 2.68. The Kier molecular flexibility index (Phi) is 6.35. The first-order chi connectivity index (χ1) is 15.1. The van der Waals surface area contributed by atoms with Crippen molar-refractivity contribution in [2.75, 3.05) is 12.4 Å². The Morgan fingerprint density at radius 3 is 2.47 bits per heavy atom. The lowest BCUT2D eigenvalue weighted by Gasteiger charge is -2.27. The summed E-state index contributed by atoms with van der Waals surface area (Å²) in [6, 6.07) is 7.67. The normalized spacial score (nSPS) is 18.6. The van der Waals surface area contributed by atoms with E-state index in [2.05, 4.69) is 15.2 Å². The number of para-hydroxylation sites is 2.